The molecule has 0 radical (unpaired) electrons. The summed E-state index contributed by atoms with van der Waals surface area (Å²) in [5.74, 6) is 1.37. The first kappa shape index (κ1) is 21.5. The third-order valence-electron chi connectivity index (χ3n) is 5.75. The van der Waals surface area contributed by atoms with Gasteiger partial charge < -0.3 is 9.47 Å². The van der Waals surface area contributed by atoms with E-state index in [0.29, 0.717) is 24.0 Å². The van der Waals surface area contributed by atoms with Crippen LogP contribution in [0.25, 0.3) is 5.69 Å². The minimum absolute atomic E-state index is 0.222. The Bertz CT molecular complexity index is 1150. The molecule has 2 heterocycles. The van der Waals surface area contributed by atoms with Gasteiger partial charge >= 0.3 is 0 Å². The van der Waals surface area contributed by atoms with Gasteiger partial charge in [0.15, 0.2) is 21.5 Å². The number of rotatable bonds is 7. The Balaban J connectivity index is 1.81. The second-order valence-corrected chi connectivity index (χ2v) is 10.1. The van der Waals surface area contributed by atoms with Crippen LogP contribution in [0.5, 0.6) is 5.75 Å². The summed E-state index contributed by atoms with van der Waals surface area (Å²) in [6.45, 7) is 4.32. The maximum absolute atomic E-state index is 13.3. The summed E-state index contributed by atoms with van der Waals surface area (Å²) in [6.07, 6.45) is 1.53. The van der Waals surface area contributed by atoms with Crippen molar-refractivity contribution >= 4 is 9.84 Å². The van der Waals surface area contributed by atoms with Crippen molar-refractivity contribution in [2.75, 3.05) is 13.7 Å². The fourth-order valence-corrected chi connectivity index (χ4v) is 5.35. The van der Waals surface area contributed by atoms with Crippen LogP contribution < -0.4 is 4.74 Å². The standard InChI is InChI=1S/C23H27N3O4S/c1-16-9-7-12-19(29-3)22(16)26-21(24-25-23(26)20-13-8-14-30-20)15-31(27,28)17(2)18-10-5-4-6-11-18/h4-7,9-12,17,20H,8,13-15H2,1-3H3/t17-,20-/m1/s1. The highest BCUT2D eigenvalue weighted by atomic mass is 32.2. The third-order valence-corrected chi connectivity index (χ3v) is 7.77. The number of benzene rings is 2. The number of nitrogens with zero attached hydrogens (tertiary/aromatic N) is 3. The molecule has 1 saturated heterocycles. The number of sulfone groups is 1. The summed E-state index contributed by atoms with van der Waals surface area (Å²) in [7, 11) is -1.94. The highest BCUT2D eigenvalue weighted by Crippen LogP contribution is 2.35. The zero-order valence-electron chi connectivity index (χ0n) is 18.0. The lowest BCUT2D eigenvalue weighted by atomic mass is 10.1. The monoisotopic (exact) mass is 441 g/mol. The highest BCUT2D eigenvalue weighted by molar-refractivity contribution is 7.90. The van der Waals surface area contributed by atoms with Gasteiger partial charge in [0.25, 0.3) is 0 Å². The molecule has 2 atom stereocenters. The van der Waals surface area contributed by atoms with Crippen molar-refractivity contribution < 1.29 is 17.9 Å². The van der Waals surface area contributed by atoms with Crippen molar-refractivity contribution in [1.29, 1.82) is 0 Å². The van der Waals surface area contributed by atoms with Gasteiger partial charge in [0.05, 0.1) is 18.0 Å². The van der Waals surface area contributed by atoms with E-state index in [0.717, 1.165) is 29.7 Å². The molecule has 0 unspecified atom stereocenters. The van der Waals surface area contributed by atoms with Crippen molar-refractivity contribution in [2.24, 2.45) is 0 Å². The molecule has 7 nitrogen and oxygen atoms in total. The van der Waals surface area contributed by atoms with E-state index in [1.54, 1.807) is 14.0 Å². The fraction of sp³-hybridized carbons (Fsp3) is 0.391. The molecule has 0 spiro atoms. The van der Waals surface area contributed by atoms with Gasteiger partial charge in [0, 0.05) is 6.61 Å². The van der Waals surface area contributed by atoms with Crippen LogP contribution in [0, 0.1) is 6.92 Å². The smallest absolute Gasteiger partial charge is 0.167 e. The molecule has 8 heteroatoms. The maximum atomic E-state index is 13.3. The average molecular weight is 442 g/mol. The van der Waals surface area contributed by atoms with Gasteiger partial charge in [-0.2, -0.15) is 0 Å². The number of aryl methyl sites for hydroxylation is 1. The second kappa shape index (κ2) is 8.80. The Morgan fingerprint density at radius 1 is 1.16 bits per heavy atom. The Kier molecular flexibility index (Phi) is 6.11. The lowest BCUT2D eigenvalue weighted by Gasteiger charge is -2.19. The summed E-state index contributed by atoms with van der Waals surface area (Å²) >= 11 is 0. The summed E-state index contributed by atoms with van der Waals surface area (Å²) in [5.41, 5.74) is 2.44. The molecule has 164 valence electrons. The minimum atomic E-state index is -3.54. The molecule has 0 amide bonds. The zero-order valence-corrected chi connectivity index (χ0v) is 18.8. The molecule has 2 aromatic carbocycles. The number of para-hydroxylation sites is 1. The molecule has 3 aromatic rings. The van der Waals surface area contributed by atoms with E-state index in [-0.39, 0.29) is 11.9 Å². The van der Waals surface area contributed by atoms with Crippen LogP contribution in [0.15, 0.2) is 48.5 Å². The summed E-state index contributed by atoms with van der Waals surface area (Å²) in [4.78, 5) is 0. The Morgan fingerprint density at radius 3 is 2.61 bits per heavy atom. The minimum Gasteiger partial charge on any atom is -0.495 e. The van der Waals surface area contributed by atoms with Crippen molar-refractivity contribution in [1.82, 2.24) is 14.8 Å². The van der Waals surface area contributed by atoms with E-state index < -0.39 is 15.1 Å². The molecule has 1 aromatic heterocycles. The predicted octanol–water partition coefficient (Wildman–Crippen LogP) is 4.11. The van der Waals surface area contributed by atoms with Gasteiger partial charge in [-0.15, -0.1) is 10.2 Å². The first-order valence-corrected chi connectivity index (χ1v) is 12.1. The van der Waals surface area contributed by atoms with Crippen molar-refractivity contribution in [2.45, 2.75) is 43.8 Å². The average Bonchev–Trinajstić information content (AvgIpc) is 3.43. The van der Waals surface area contributed by atoms with Crippen LogP contribution in [-0.2, 0) is 20.3 Å². The SMILES string of the molecule is COc1cccc(C)c1-n1c(CS(=O)(=O)[C@H](C)c2ccccc2)nnc1[C@H]1CCCO1. The fourth-order valence-electron chi connectivity index (χ4n) is 3.98. The molecule has 1 aliphatic heterocycles. The summed E-state index contributed by atoms with van der Waals surface area (Å²) < 4.78 is 39.9. The van der Waals surface area contributed by atoms with E-state index in [4.69, 9.17) is 9.47 Å². The molecule has 4 rings (SSSR count). The normalized spacial score (nSPS) is 17.6. The first-order chi connectivity index (χ1) is 14.9. The van der Waals surface area contributed by atoms with Gasteiger partial charge in [-0.05, 0) is 43.9 Å². The molecule has 31 heavy (non-hydrogen) atoms. The summed E-state index contributed by atoms with van der Waals surface area (Å²) in [6, 6.07) is 14.9. The molecular formula is C23H27N3O4S. The molecule has 0 N–H and O–H groups in total. The lowest BCUT2D eigenvalue weighted by molar-refractivity contribution is 0.103. The van der Waals surface area contributed by atoms with Crippen LogP contribution >= 0.6 is 0 Å². The van der Waals surface area contributed by atoms with E-state index in [2.05, 4.69) is 10.2 Å². The number of aromatic nitrogens is 3. The van der Waals surface area contributed by atoms with Crippen LogP contribution in [0.4, 0.5) is 0 Å². The van der Waals surface area contributed by atoms with Crippen molar-refractivity contribution in [3.05, 3.63) is 71.3 Å². The number of hydrogen-bond acceptors (Lipinski definition) is 6. The molecule has 1 aliphatic rings. The van der Waals surface area contributed by atoms with Gasteiger partial charge in [0.1, 0.15) is 17.6 Å². The number of methoxy groups -OCH3 is 1. The zero-order chi connectivity index (χ0) is 22.0. The van der Waals surface area contributed by atoms with E-state index in [9.17, 15) is 8.42 Å². The van der Waals surface area contributed by atoms with Crippen molar-refractivity contribution in [3.63, 3.8) is 0 Å². The maximum Gasteiger partial charge on any atom is 0.167 e. The van der Waals surface area contributed by atoms with E-state index >= 15 is 0 Å². The molecule has 0 saturated carbocycles. The second-order valence-electron chi connectivity index (χ2n) is 7.80. The van der Waals surface area contributed by atoms with Crippen LogP contribution in [0.1, 0.15) is 53.9 Å². The molecule has 0 bridgehead atoms. The Labute approximate surface area is 183 Å². The van der Waals surface area contributed by atoms with Crippen LogP contribution in [0.2, 0.25) is 0 Å². The van der Waals surface area contributed by atoms with Crippen molar-refractivity contribution in [3.8, 4) is 11.4 Å². The predicted molar refractivity (Wildman–Crippen MR) is 118 cm³/mol. The van der Waals surface area contributed by atoms with E-state index in [1.807, 2.05) is 60.0 Å². The van der Waals surface area contributed by atoms with Gasteiger partial charge in [-0.25, -0.2) is 8.42 Å². The Morgan fingerprint density at radius 2 is 1.94 bits per heavy atom. The van der Waals surface area contributed by atoms with Crippen LogP contribution in [0.3, 0.4) is 0 Å². The largest absolute Gasteiger partial charge is 0.495 e. The van der Waals surface area contributed by atoms with Gasteiger partial charge in [0.2, 0.25) is 0 Å². The topological polar surface area (TPSA) is 83.3 Å². The van der Waals surface area contributed by atoms with Gasteiger partial charge in [-0.1, -0.05) is 42.5 Å². The van der Waals surface area contributed by atoms with Crippen LogP contribution in [-0.4, -0.2) is 36.9 Å². The Hall–Kier alpha value is -2.71. The lowest BCUT2D eigenvalue weighted by Crippen LogP contribution is -2.18. The third kappa shape index (κ3) is 4.22. The summed E-state index contributed by atoms with van der Waals surface area (Å²) in [5, 5.41) is 8.03. The quantitative estimate of drug-likeness (QED) is 0.549. The van der Waals surface area contributed by atoms with Gasteiger partial charge in [-0.3, -0.25) is 4.57 Å². The van der Waals surface area contributed by atoms with E-state index in [1.165, 1.54) is 0 Å². The first-order valence-electron chi connectivity index (χ1n) is 10.4. The number of hydrogen-bond donors (Lipinski definition) is 0. The molecule has 1 fully saturated rings. The number of ether oxygens (including phenoxy) is 2. The molecular weight excluding hydrogens is 414 g/mol. The molecule has 0 aliphatic carbocycles. The highest BCUT2D eigenvalue weighted by Gasteiger charge is 2.31.